The maximum absolute atomic E-state index is 11.5. The smallest absolute Gasteiger partial charge is 0.281 e. The second-order valence-electron chi connectivity index (χ2n) is 5.67. The monoisotopic (exact) mass is 415 g/mol. The molecule has 6 nitrogen and oxygen atoms in total. The first-order valence-corrected chi connectivity index (χ1v) is 9.68. The van der Waals surface area contributed by atoms with E-state index < -0.39 is 5.97 Å². The zero-order valence-electron chi connectivity index (χ0n) is 14.9. The fourth-order valence-electron chi connectivity index (χ4n) is 2.25. The Bertz CT molecular complexity index is 986. The van der Waals surface area contributed by atoms with Crippen molar-refractivity contribution >= 4 is 35.4 Å². The number of halogens is 1. The predicted molar refractivity (Wildman–Crippen MR) is 106 cm³/mol. The summed E-state index contributed by atoms with van der Waals surface area (Å²) in [6, 6.07) is 14.1. The average Bonchev–Trinajstić information content (AvgIpc) is 3.15. The molecule has 2 aromatic carbocycles. The van der Waals surface area contributed by atoms with Crippen LogP contribution in [0.15, 0.2) is 63.1 Å². The Morgan fingerprint density at radius 2 is 1.96 bits per heavy atom. The zero-order chi connectivity index (χ0) is 19.9. The summed E-state index contributed by atoms with van der Waals surface area (Å²) in [5, 5.41) is 19.9. The fraction of sp³-hybridized carbons (Fsp3) is 0.150. The van der Waals surface area contributed by atoms with E-state index in [1.54, 1.807) is 48.5 Å². The number of hydrogen-bond acceptors (Lipinski definition) is 7. The van der Waals surface area contributed by atoms with Crippen molar-refractivity contribution in [3.63, 3.8) is 0 Å². The van der Waals surface area contributed by atoms with Crippen LogP contribution in [0, 0.1) is 0 Å². The molecule has 28 heavy (non-hydrogen) atoms. The van der Waals surface area contributed by atoms with Crippen LogP contribution in [0.3, 0.4) is 0 Å². The van der Waals surface area contributed by atoms with Crippen molar-refractivity contribution in [3.05, 3.63) is 64.0 Å². The van der Waals surface area contributed by atoms with Crippen molar-refractivity contribution in [1.82, 2.24) is 10.2 Å². The Morgan fingerprint density at radius 1 is 1.21 bits per heavy atom. The third-order valence-electron chi connectivity index (χ3n) is 3.56. The first kappa shape index (κ1) is 20.0. The Kier molecular flexibility index (Phi) is 6.73. The molecule has 8 heteroatoms. The summed E-state index contributed by atoms with van der Waals surface area (Å²) >= 11 is 6.93. The molecule has 0 bridgehead atoms. The zero-order valence-corrected chi connectivity index (χ0v) is 16.5. The normalized spacial score (nSPS) is 11.4. The maximum Gasteiger partial charge on any atom is 0.281 e. The van der Waals surface area contributed by atoms with Gasteiger partial charge in [0.05, 0.1) is 23.2 Å². The molecule has 0 amide bonds. The first-order chi connectivity index (χ1) is 13.6. The average molecular weight is 416 g/mol. The number of aliphatic carboxylic acids is 1. The number of nitrogens with zero attached hydrogens (tertiary/aromatic N) is 2. The Hall–Kier alpha value is -2.77. The van der Waals surface area contributed by atoms with E-state index in [2.05, 4.69) is 10.2 Å². The topological polar surface area (TPSA) is 88.3 Å². The van der Waals surface area contributed by atoms with Gasteiger partial charge in [-0.25, -0.2) is 0 Å². The molecule has 3 aromatic rings. The summed E-state index contributed by atoms with van der Waals surface area (Å²) in [7, 11) is 0. The lowest BCUT2D eigenvalue weighted by atomic mass is 10.2. The highest BCUT2D eigenvalue weighted by atomic mass is 35.5. The van der Waals surface area contributed by atoms with Gasteiger partial charge >= 0.3 is 0 Å². The lowest BCUT2D eigenvalue weighted by molar-refractivity contribution is -0.298. The van der Waals surface area contributed by atoms with Crippen LogP contribution < -0.4 is 9.84 Å². The van der Waals surface area contributed by atoms with Crippen molar-refractivity contribution in [2.75, 3.05) is 6.61 Å². The fourth-order valence-corrected chi connectivity index (χ4v) is 3.14. The third-order valence-corrected chi connectivity index (χ3v) is 4.73. The first-order valence-electron chi connectivity index (χ1n) is 8.49. The SMILES string of the molecule is CCCOc1ccc(/C=C(/Sc2nnc(-c3ccccc3Cl)o2)C(=O)[O-])cc1. The Morgan fingerprint density at radius 3 is 2.64 bits per heavy atom. The van der Waals surface area contributed by atoms with Gasteiger partial charge in [-0.1, -0.05) is 42.8 Å². The van der Waals surface area contributed by atoms with Crippen LogP contribution in [0.2, 0.25) is 5.02 Å². The van der Waals surface area contributed by atoms with Gasteiger partial charge in [0.1, 0.15) is 5.75 Å². The summed E-state index contributed by atoms with van der Waals surface area (Å²) in [5.41, 5.74) is 1.26. The van der Waals surface area contributed by atoms with Gasteiger partial charge in [-0.3, -0.25) is 0 Å². The minimum Gasteiger partial charge on any atom is -0.544 e. The van der Waals surface area contributed by atoms with E-state index >= 15 is 0 Å². The molecule has 0 aliphatic heterocycles. The molecule has 1 heterocycles. The van der Waals surface area contributed by atoms with Crippen molar-refractivity contribution in [2.24, 2.45) is 0 Å². The number of aromatic nitrogens is 2. The van der Waals surface area contributed by atoms with E-state index in [0.29, 0.717) is 22.8 Å². The van der Waals surface area contributed by atoms with E-state index in [1.807, 2.05) is 6.92 Å². The lowest BCUT2D eigenvalue weighted by Crippen LogP contribution is -2.23. The van der Waals surface area contributed by atoms with Crippen molar-refractivity contribution < 1.29 is 19.1 Å². The predicted octanol–water partition coefficient (Wildman–Crippen LogP) is 4.06. The van der Waals surface area contributed by atoms with Crippen LogP contribution in [0.1, 0.15) is 18.9 Å². The second-order valence-corrected chi connectivity index (χ2v) is 7.07. The van der Waals surface area contributed by atoms with Gasteiger partial charge in [0, 0.05) is 4.91 Å². The van der Waals surface area contributed by atoms with E-state index in [0.717, 1.165) is 23.9 Å². The van der Waals surface area contributed by atoms with Crippen LogP contribution >= 0.6 is 23.4 Å². The largest absolute Gasteiger partial charge is 0.544 e. The van der Waals surface area contributed by atoms with Gasteiger partial charge in [-0.15, -0.1) is 10.2 Å². The number of ether oxygens (including phenoxy) is 1. The van der Waals surface area contributed by atoms with Crippen LogP contribution in [-0.4, -0.2) is 22.8 Å². The van der Waals surface area contributed by atoms with Crippen LogP contribution in [0.5, 0.6) is 5.75 Å². The van der Waals surface area contributed by atoms with E-state index in [9.17, 15) is 9.90 Å². The summed E-state index contributed by atoms with van der Waals surface area (Å²) in [5.74, 6) is -0.403. The molecule has 0 atom stereocenters. The van der Waals surface area contributed by atoms with Crippen LogP contribution in [0.4, 0.5) is 0 Å². The molecule has 0 spiro atoms. The molecule has 0 saturated carbocycles. The highest BCUT2D eigenvalue weighted by Crippen LogP contribution is 2.32. The van der Waals surface area contributed by atoms with E-state index in [1.165, 1.54) is 6.08 Å². The van der Waals surface area contributed by atoms with Crippen molar-refractivity contribution in [1.29, 1.82) is 0 Å². The number of carboxylic acids is 1. The second kappa shape index (κ2) is 9.43. The molecule has 0 N–H and O–H groups in total. The number of carboxylic acid groups (broad SMARTS) is 1. The summed E-state index contributed by atoms with van der Waals surface area (Å²) in [6.07, 6.45) is 2.39. The Labute approximate surface area is 171 Å². The highest BCUT2D eigenvalue weighted by molar-refractivity contribution is 8.03. The molecule has 1 aromatic heterocycles. The molecule has 0 aliphatic rings. The van der Waals surface area contributed by atoms with Gasteiger partial charge < -0.3 is 19.1 Å². The maximum atomic E-state index is 11.5. The summed E-state index contributed by atoms with van der Waals surface area (Å²) < 4.78 is 11.1. The van der Waals surface area contributed by atoms with Gasteiger partial charge in [0.15, 0.2) is 0 Å². The number of benzene rings is 2. The number of rotatable bonds is 8. The van der Waals surface area contributed by atoms with Gasteiger partial charge in [0.2, 0.25) is 5.89 Å². The molecular formula is C20H16ClN2O4S-. The lowest BCUT2D eigenvalue weighted by Gasteiger charge is -2.07. The minimum atomic E-state index is -1.34. The molecule has 0 saturated heterocycles. The standard InChI is InChI=1S/C20H17ClN2O4S/c1-2-11-26-14-9-7-13(8-10-14)12-17(19(24)25)28-20-23-22-18(27-20)15-5-3-4-6-16(15)21/h3-10,12H,2,11H2,1H3,(H,24,25)/p-1/b17-12+. The summed E-state index contributed by atoms with van der Waals surface area (Å²) in [6.45, 7) is 2.65. The van der Waals surface area contributed by atoms with Gasteiger partial charge in [0.25, 0.3) is 5.22 Å². The number of thioether (sulfide) groups is 1. The Balaban J connectivity index is 1.77. The molecule has 0 radical (unpaired) electrons. The number of carbonyl (C=O) groups is 1. The van der Waals surface area contributed by atoms with E-state index in [-0.39, 0.29) is 16.0 Å². The van der Waals surface area contributed by atoms with E-state index in [4.69, 9.17) is 20.8 Å². The van der Waals surface area contributed by atoms with Crippen LogP contribution in [0.25, 0.3) is 17.5 Å². The van der Waals surface area contributed by atoms with Gasteiger partial charge in [-0.2, -0.15) is 0 Å². The quantitative estimate of drug-likeness (QED) is 0.404. The molecule has 0 unspecified atom stereocenters. The molecule has 144 valence electrons. The molecule has 0 aliphatic carbocycles. The van der Waals surface area contributed by atoms with Crippen molar-refractivity contribution in [2.45, 2.75) is 18.6 Å². The highest BCUT2D eigenvalue weighted by Gasteiger charge is 2.14. The molecule has 3 rings (SSSR count). The minimum absolute atomic E-state index is 0.0587. The third kappa shape index (κ3) is 5.15. The summed E-state index contributed by atoms with van der Waals surface area (Å²) in [4.78, 5) is 11.5. The van der Waals surface area contributed by atoms with Gasteiger partial charge in [-0.05, 0) is 54.1 Å². The molecule has 0 fully saturated rings. The van der Waals surface area contributed by atoms with Crippen LogP contribution in [-0.2, 0) is 4.79 Å². The molecular weight excluding hydrogens is 400 g/mol. The van der Waals surface area contributed by atoms with Crippen molar-refractivity contribution in [3.8, 4) is 17.2 Å². The number of hydrogen-bond donors (Lipinski definition) is 0. The number of carbonyl (C=O) groups excluding carboxylic acids is 1.